The molecule has 0 aliphatic rings. The number of carbonyl (C=O) groups excluding carboxylic acids is 1. The molecule has 0 aromatic heterocycles. The van der Waals surface area contributed by atoms with Crippen LogP contribution in [0.4, 0.5) is 0 Å². The van der Waals surface area contributed by atoms with Gasteiger partial charge in [0, 0.05) is 0 Å². The van der Waals surface area contributed by atoms with E-state index in [1.165, 1.54) is 0 Å². The van der Waals surface area contributed by atoms with Crippen molar-refractivity contribution in [1.29, 1.82) is 0 Å². The molecule has 2 rings (SSSR count). The van der Waals surface area contributed by atoms with Gasteiger partial charge in [0.15, 0.2) is 6.61 Å². The van der Waals surface area contributed by atoms with Crippen molar-refractivity contribution in [3.8, 4) is 17.2 Å². The Kier molecular flexibility index (Phi) is 6.89. The summed E-state index contributed by atoms with van der Waals surface area (Å²) < 4.78 is 16.5. The summed E-state index contributed by atoms with van der Waals surface area (Å²) in [6, 6.07) is 11.2. The van der Waals surface area contributed by atoms with Gasteiger partial charge in [-0.3, -0.25) is 4.79 Å². The number of rotatable bonds is 8. The molecule has 0 bridgehead atoms. The van der Waals surface area contributed by atoms with E-state index in [0.29, 0.717) is 6.61 Å². The predicted octanol–water partition coefficient (Wildman–Crippen LogP) is 3.58. The van der Waals surface area contributed by atoms with Gasteiger partial charge < -0.3 is 19.5 Å². The first-order chi connectivity index (χ1) is 12.4. The monoisotopic (exact) mass is 357 g/mol. The zero-order chi connectivity index (χ0) is 19.1. The van der Waals surface area contributed by atoms with Crippen LogP contribution in [0.1, 0.15) is 23.6 Å². The van der Waals surface area contributed by atoms with E-state index >= 15 is 0 Å². The van der Waals surface area contributed by atoms with Gasteiger partial charge in [-0.05, 0) is 74.7 Å². The zero-order valence-corrected chi connectivity index (χ0v) is 16.1. The molecule has 1 amide bonds. The molecule has 1 atom stereocenters. The Morgan fingerprint density at radius 1 is 1.04 bits per heavy atom. The van der Waals surface area contributed by atoms with Gasteiger partial charge in [0.2, 0.25) is 0 Å². The number of nitrogens with one attached hydrogen (secondary N) is 1. The van der Waals surface area contributed by atoms with Gasteiger partial charge in [-0.25, -0.2) is 0 Å². The highest BCUT2D eigenvalue weighted by Gasteiger charge is 2.11. The van der Waals surface area contributed by atoms with Crippen LogP contribution in [0, 0.1) is 20.8 Å². The van der Waals surface area contributed by atoms with Crippen molar-refractivity contribution in [1.82, 2.24) is 5.32 Å². The minimum Gasteiger partial charge on any atom is -0.497 e. The molecule has 5 heteroatoms. The van der Waals surface area contributed by atoms with Crippen molar-refractivity contribution in [2.24, 2.45) is 0 Å². The van der Waals surface area contributed by atoms with E-state index in [1.54, 1.807) is 7.11 Å². The van der Waals surface area contributed by atoms with Crippen LogP contribution < -0.4 is 19.5 Å². The Hall–Kier alpha value is -2.69. The van der Waals surface area contributed by atoms with Crippen LogP contribution in [0.2, 0.25) is 0 Å². The van der Waals surface area contributed by atoms with Gasteiger partial charge in [-0.2, -0.15) is 0 Å². The molecule has 5 nitrogen and oxygen atoms in total. The van der Waals surface area contributed by atoms with Crippen molar-refractivity contribution in [2.45, 2.75) is 33.7 Å². The molecule has 0 saturated heterocycles. The van der Waals surface area contributed by atoms with Crippen molar-refractivity contribution in [3.63, 3.8) is 0 Å². The lowest BCUT2D eigenvalue weighted by Crippen LogP contribution is -2.39. The van der Waals surface area contributed by atoms with Gasteiger partial charge in [-0.1, -0.05) is 6.07 Å². The summed E-state index contributed by atoms with van der Waals surface area (Å²) in [4.78, 5) is 12.1. The number of hydrogen-bond acceptors (Lipinski definition) is 4. The Bertz CT molecular complexity index is 740. The first-order valence-electron chi connectivity index (χ1n) is 8.66. The lowest BCUT2D eigenvalue weighted by Gasteiger charge is -2.16. The first-order valence-corrected chi connectivity index (χ1v) is 8.66. The Balaban J connectivity index is 1.78. The van der Waals surface area contributed by atoms with E-state index in [2.05, 4.69) is 11.4 Å². The fourth-order valence-corrected chi connectivity index (χ4v) is 2.55. The molecule has 0 unspecified atom stereocenters. The second-order valence-electron chi connectivity index (χ2n) is 6.45. The lowest BCUT2D eigenvalue weighted by molar-refractivity contribution is -0.123. The van der Waals surface area contributed by atoms with Crippen LogP contribution >= 0.6 is 0 Å². The number of carbonyl (C=O) groups is 1. The number of hydrogen-bond donors (Lipinski definition) is 1. The third-order valence-electron chi connectivity index (χ3n) is 4.09. The molecule has 0 spiro atoms. The average Bonchev–Trinajstić information content (AvgIpc) is 2.62. The number of methoxy groups -OCH3 is 1. The normalized spacial score (nSPS) is 11.6. The fraction of sp³-hybridized carbons (Fsp3) is 0.381. The van der Waals surface area contributed by atoms with Crippen LogP contribution in [-0.4, -0.2) is 32.3 Å². The maximum atomic E-state index is 12.1. The molecule has 0 aliphatic heterocycles. The van der Waals surface area contributed by atoms with Crippen molar-refractivity contribution >= 4 is 5.91 Å². The van der Waals surface area contributed by atoms with Crippen LogP contribution in [0.5, 0.6) is 17.2 Å². The van der Waals surface area contributed by atoms with Crippen LogP contribution in [-0.2, 0) is 4.79 Å². The molecule has 140 valence electrons. The van der Waals surface area contributed by atoms with Crippen LogP contribution in [0.15, 0.2) is 36.4 Å². The molecule has 2 aromatic rings. The summed E-state index contributed by atoms with van der Waals surface area (Å²) in [5.41, 5.74) is 3.32. The highest BCUT2D eigenvalue weighted by molar-refractivity contribution is 5.77. The van der Waals surface area contributed by atoms with Crippen LogP contribution in [0.25, 0.3) is 0 Å². The van der Waals surface area contributed by atoms with Gasteiger partial charge in [0.05, 0.1) is 13.2 Å². The summed E-state index contributed by atoms with van der Waals surface area (Å²) in [5.74, 6) is 2.08. The second-order valence-corrected chi connectivity index (χ2v) is 6.45. The van der Waals surface area contributed by atoms with E-state index in [9.17, 15) is 4.79 Å². The van der Waals surface area contributed by atoms with Crippen molar-refractivity contribution in [3.05, 3.63) is 53.1 Å². The summed E-state index contributed by atoms with van der Waals surface area (Å²) in [6.07, 6.45) is 0. The highest BCUT2D eigenvalue weighted by atomic mass is 16.5. The van der Waals surface area contributed by atoms with Gasteiger partial charge in [0.25, 0.3) is 5.91 Å². The minimum absolute atomic E-state index is 0.0173. The number of benzene rings is 2. The minimum atomic E-state index is -0.172. The predicted molar refractivity (Wildman–Crippen MR) is 102 cm³/mol. The van der Waals surface area contributed by atoms with E-state index in [0.717, 1.165) is 33.9 Å². The number of ether oxygens (including phenoxy) is 3. The number of aryl methyl sites for hydroxylation is 2. The quantitative estimate of drug-likeness (QED) is 0.784. The summed E-state index contributed by atoms with van der Waals surface area (Å²) >= 11 is 0. The molecule has 0 saturated carbocycles. The smallest absolute Gasteiger partial charge is 0.258 e. The Morgan fingerprint density at radius 3 is 2.35 bits per heavy atom. The zero-order valence-electron chi connectivity index (χ0n) is 16.1. The fourth-order valence-electron chi connectivity index (χ4n) is 2.55. The van der Waals surface area contributed by atoms with Crippen LogP contribution in [0.3, 0.4) is 0 Å². The van der Waals surface area contributed by atoms with Gasteiger partial charge in [0.1, 0.15) is 23.9 Å². The molecule has 0 radical (unpaired) electrons. The topological polar surface area (TPSA) is 56.8 Å². The average molecular weight is 357 g/mol. The summed E-state index contributed by atoms with van der Waals surface area (Å²) in [6.45, 7) is 8.29. The van der Waals surface area contributed by atoms with Gasteiger partial charge >= 0.3 is 0 Å². The second kappa shape index (κ2) is 9.13. The van der Waals surface area contributed by atoms with Gasteiger partial charge in [-0.15, -0.1) is 0 Å². The molecule has 0 fully saturated rings. The lowest BCUT2D eigenvalue weighted by atomic mass is 10.1. The maximum Gasteiger partial charge on any atom is 0.258 e. The number of amides is 1. The summed E-state index contributed by atoms with van der Waals surface area (Å²) in [5, 5.41) is 2.88. The molecule has 1 N–H and O–H groups in total. The van der Waals surface area contributed by atoms with E-state index in [1.807, 2.05) is 58.0 Å². The molecule has 0 aliphatic carbocycles. The molecule has 2 aromatic carbocycles. The molecule has 26 heavy (non-hydrogen) atoms. The Labute approximate surface area is 155 Å². The standard InChI is InChI=1S/C21H27NO4/c1-14-10-15(2)17(4)20(11-14)26-13-21(23)22-16(3)12-25-19-8-6-18(24-5)7-9-19/h6-11,16H,12-13H2,1-5H3,(H,22,23)/t16-/m0/s1. The molecular weight excluding hydrogens is 330 g/mol. The highest BCUT2D eigenvalue weighted by Crippen LogP contribution is 2.23. The molecular formula is C21H27NO4. The van der Waals surface area contributed by atoms with E-state index in [-0.39, 0.29) is 18.6 Å². The SMILES string of the molecule is COc1ccc(OC[C@H](C)NC(=O)COc2cc(C)cc(C)c2C)cc1. The van der Waals surface area contributed by atoms with E-state index < -0.39 is 0 Å². The van der Waals surface area contributed by atoms with E-state index in [4.69, 9.17) is 14.2 Å². The van der Waals surface area contributed by atoms with Crippen molar-refractivity contribution in [2.75, 3.05) is 20.3 Å². The van der Waals surface area contributed by atoms with Crippen molar-refractivity contribution < 1.29 is 19.0 Å². The largest absolute Gasteiger partial charge is 0.497 e. The first kappa shape index (κ1) is 19.6. The Morgan fingerprint density at radius 2 is 1.69 bits per heavy atom. The third kappa shape index (κ3) is 5.69. The third-order valence-corrected chi connectivity index (χ3v) is 4.09. The molecule has 0 heterocycles. The maximum absolute atomic E-state index is 12.1. The summed E-state index contributed by atoms with van der Waals surface area (Å²) in [7, 11) is 1.62.